The van der Waals surface area contributed by atoms with Gasteiger partial charge < -0.3 is 4.42 Å². The van der Waals surface area contributed by atoms with E-state index in [1.54, 1.807) is 0 Å². The van der Waals surface area contributed by atoms with E-state index in [0.29, 0.717) is 4.52 Å². The van der Waals surface area contributed by atoms with E-state index >= 15 is 0 Å². The minimum absolute atomic E-state index is 0.0105. The first-order valence-corrected chi connectivity index (χ1v) is 5.19. The van der Waals surface area contributed by atoms with Crippen molar-refractivity contribution in [1.29, 1.82) is 0 Å². The van der Waals surface area contributed by atoms with Gasteiger partial charge in [-0.25, -0.2) is 9.50 Å². The summed E-state index contributed by atoms with van der Waals surface area (Å²) in [5.74, 6) is 0.196. The zero-order valence-corrected chi connectivity index (χ0v) is 9.23. The Morgan fingerprint density at radius 3 is 2.74 bits per heavy atom. The fourth-order valence-corrected chi connectivity index (χ4v) is 1.76. The third kappa shape index (κ3) is 1.90. The Balaban J connectivity index is 2.36. The normalized spacial score (nSPS) is 12.2. The lowest BCUT2D eigenvalue weighted by Gasteiger charge is -2.10. The molecule has 0 unspecified atom stereocenters. The number of nitrogens with one attached hydrogen (secondary N) is 1. The molecule has 0 aromatic carbocycles. The number of furan rings is 1. The number of H-pyrrole nitrogens is 1. The molecule has 19 heavy (non-hydrogen) atoms. The highest BCUT2D eigenvalue weighted by Gasteiger charge is 2.35. The molecule has 0 fully saturated rings. The van der Waals surface area contributed by atoms with Crippen molar-refractivity contribution in [3.63, 3.8) is 0 Å². The van der Waals surface area contributed by atoms with Crippen LogP contribution in [-0.4, -0.2) is 14.6 Å². The molecule has 98 valence electrons. The predicted molar refractivity (Wildman–Crippen MR) is 58.5 cm³/mol. The Bertz CT molecular complexity index is 784. The van der Waals surface area contributed by atoms with Crippen LogP contribution < -0.4 is 5.56 Å². The zero-order valence-electron chi connectivity index (χ0n) is 9.23. The number of halogens is 3. The largest absolute Gasteiger partial charge is 0.463 e. The fraction of sp³-hybridized carbons (Fsp3) is 0.0909. The van der Waals surface area contributed by atoms with E-state index in [4.69, 9.17) is 4.42 Å². The summed E-state index contributed by atoms with van der Waals surface area (Å²) < 4.78 is 44.5. The van der Waals surface area contributed by atoms with E-state index in [1.807, 2.05) is 0 Å². The maximum atomic E-state index is 12.9. The second-order valence-electron chi connectivity index (χ2n) is 3.82. The second-order valence-corrected chi connectivity index (χ2v) is 3.82. The van der Waals surface area contributed by atoms with Crippen molar-refractivity contribution >= 4 is 5.65 Å². The Labute approximate surface area is 103 Å². The Kier molecular flexibility index (Phi) is 2.28. The number of aromatic nitrogens is 3. The fourth-order valence-electron chi connectivity index (χ4n) is 1.76. The molecule has 0 aliphatic rings. The zero-order chi connectivity index (χ0) is 13.6. The van der Waals surface area contributed by atoms with Crippen LogP contribution >= 0.6 is 0 Å². The van der Waals surface area contributed by atoms with Crippen molar-refractivity contribution in [1.82, 2.24) is 14.6 Å². The van der Waals surface area contributed by atoms with Crippen molar-refractivity contribution in [2.45, 2.75) is 6.18 Å². The summed E-state index contributed by atoms with van der Waals surface area (Å²) >= 11 is 0. The molecule has 0 saturated carbocycles. The van der Waals surface area contributed by atoms with Gasteiger partial charge in [0.1, 0.15) is 11.4 Å². The predicted octanol–water partition coefficient (Wildman–Crippen LogP) is 2.30. The summed E-state index contributed by atoms with van der Waals surface area (Å²) in [4.78, 5) is 15.1. The summed E-state index contributed by atoms with van der Waals surface area (Å²) in [6.07, 6.45) is -3.29. The molecule has 3 heterocycles. The summed E-state index contributed by atoms with van der Waals surface area (Å²) in [5, 5.41) is 2.05. The SMILES string of the molecule is O=c1cc2nc(-c3ccco3)cc(C(F)(F)F)n2[nH]1. The Hall–Kier alpha value is -2.51. The van der Waals surface area contributed by atoms with Gasteiger partial charge in [-0.05, 0) is 18.2 Å². The van der Waals surface area contributed by atoms with Gasteiger partial charge in [-0.2, -0.15) is 13.2 Å². The van der Waals surface area contributed by atoms with E-state index in [0.717, 1.165) is 12.1 Å². The van der Waals surface area contributed by atoms with Crippen LogP contribution in [-0.2, 0) is 6.18 Å². The first-order chi connectivity index (χ1) is 8.95. The minimum Gasteiger partial charge on any atom is -0.463 e. The molecule has 0 saturated heterocycles. The van der Waals surface area contributed by atoms with E-state index < -0.39 is 17.4 Å². The summed E-state index contributed by atoms with van der Waals surface area (Å²) in [7, 11) is 0. The molecule has 0 radical (unpaired) electrons. The molecule has 0 aliphatic carbocycles. The van der Waals surface area contributed by atoms with Crippen LogP contribution in [0.4, 0.5) is 13.2 Å². The molecule has 3 aromatic heterocycles. The summed E-state index contributed by atoms with van der Waals surface area (Å²) in [6.45, 7) is 0. The summed E-state index contributed by atoms with van der Waals surface area (Å²) in [6, 6.07) is 4.84. The molecule has 3 aromatic rings. The van der Waals surface area contributed by atoms with Crippen molar-refractivity contribution in [3.05, 3.63) is 46.6 Å². The van der Waals surface area contributed by atoms with Gasteiger partial charge in [-0.15, -0.1) is 0 Å². The van der Waals surface area contributed by atoms with Gasteiger partial charge >= 0.3 is 6.18 Å². The number of rotatable bonds is 1. The Morgan fingerprint density at radius 1 is 1.32 bits per heavy atom. The van der Waals surface area contributed by atoms with Crippen LogP contribution in [0.3, 0.4) is 0 Å². The van der Waals surface area contributed by atoms with Gasteiger partial charge in [-0.1, -0.05) is 0 Å². The number of nitrogens with zero attached hydrogens (tertiary/aromatic N) is 2. The third-order valence-electron chi connectivity index (χ3n) is 2.52. The molecule has 0 bridgehead atoms. The lowest BCUT2D eigenvalue weighted by molar-refractivity contribution is -0.142. The number of hydrogen-bond acceptors (Lipinski definition) is 3. The molecular formula is C11H6F3N3O2. The lowest BCUT2D eigenvalue weighted by atomic mass is 10.2. The molecule has 3 rings (SSSR count). The molecule has 0 aliphatic heterocycles. The molecule has 0 spiro atoms. The first-order valence-electron chi connectivity index (χ1n) is 5.19. The van der Waals surface area contributed by atoms with Gasteiger partial charge in [0.25, 0.3) is 5.56 Å². The quantitative estimate of drug-likeness (QED) is 0.737. The molecule has 5 nitrogen and oxygen atoms in total. The van der Waals surface area contributed by atoms with Crippen LogP contribution in [0, 0.1) is 0 Å². The van der Waals surface area contributed by atoms with Gasteiger partial charge in [0.15, 0.2) is 11.4 Å². The van der Waals surface area contributed by atoms with Crippen LogP contribution in [0.5, 0.6) is 0 Å². The van der Waals surface area contributed by atoms with E-state index in [2.05, 4.69) is 10.1 Å². The second kappa shape index (κ2) is 3.74. The topological polar surface area (TPSA) is 63.3 Å². The number of aromatic amines is 1. The minimum atomic E-state index is -4.62. The van der Waals surface area contributed by atoms with Crippen molar-refractivity contribution in [2.75, 3.05) is 0 Å². The van der Waals surface area contributed by atoms with Crippen LogP contribution in [0.25, 0.3) is 17.1 Å². The van der Waals surface area contributed by atoms with Crippen LogP contribution in [0.15, 0.2) is 39.7 Å². The average Bonchev–Trinajstić information content (AvgIpc) is 2.92. The highest BCUT2D eigenvalue weighted by Crippen LogP contribution is 2.31. The van der Waals surface area contributed by atoms with Gasteiger partial charge in [0, 0.05) is 6.07 Å². The molecule has 0 atom stereocenters. The molecule has 1 N–H and O–H groups in total. The number of fused-ring (bicyclic) bond motifs is 1. The Morgan fingerprint density at radius 2 is 2.11 bits per heavy atom. The van der Waals surface area contributed by atoms with Crippen molar-refractivity contribution in [2.24, 2.45) is 0 Å². The van der Waals surface area contributed by atoms with Crippen molar-refractivity contribution in [3.8, 4) is 11.5 Å². The maximum absolute atomic E-state index is 12.9. The number of alkyl halides is 3. The highest BCUT2D eigenvalue weighted by molar-refractivity contribution is 5.57. The first kappa shape index (κ1) is 11.6. The van der Waals surface area contributed by atoms with Gasteiger partial charge in [-0.3, -0.25) is 9.89 Å². The smallest absolute Gasteiger partial charge is 0.433 e. The maximum Gasteiger partial charge on any atom is 0.433 e. The third-order valence-corrected chi connectivity index (χ3v) is 2.52. The highest BCUT2D eigenvalue weighted by atomic mass is 19.4. The van der Waals surface area contributed by atoms with Crippen molar-refractivity contribution < 1.29 is 17.6 Å². The van der Waals surface area contributed by atoms with Gasteiger partial charge in [0.05, 0.1) is 6.26 Å². The van der Waals surface area contributed by atoms with Gasteiger partial charge in [0.2, 0.25) is 0 Å². The molecule has 8 heteroatoms. The molecule has 0 amide bonds. The molecular weight excluding hydrogens is 263 g/mol. The van der Waals surface area contributed by atoms with E-state index in [-0.39, 0.29) is 17.1 Å². The number of hydrogen-bond donors (Lipinski definition) is 1. The monoisotopic (exact) mass is 269 g/mol. The summed E-state index contributed by atoms with van der Waals surface area (Å²) in [5.41, 5.74) is -1.79. The van der Waals surface area contributed by atoms with E-state index in [1.165, 1.54) is 18.4 Å². The standard InChI is InChI=1S/C11H6F3N3O2/c12-11(13,14)8-4-6(7-2-1-3-19-7)15-9-5-10(18)16-17(8)9/h1-5H,(H,16,18). The van der Waals surface area contributed by atoms with Crippen LogP contribution in [0.1, 0.15) is 5.69 Å². The lowest BCUT2D eigenvalue weighted by Crippen LogP contribution is -2.14. The van der Waals surface area contributed by atoms with Crippen LogP contribution in [0.2, 0.25) is 0 Å². The average molecular weight is 269 g/mol. The van der Waals surface area contributed by atoms with E-state index in [9.17, 15) is 18.0 Å².